The lowest BCUT2D eigenvalue weighted by Gasteiger charge is -2.23. The fraction of sp³-hybridized carbons (Fsp3) is 0.500. The third-order valence-electron chi connectivity index (χ3n) is 3.26. The van der Waals surface area contributed by atoms with Crippen LogP contribution in [-0.2, 0) is 11.3 Å². The number of carbonyl (C=O) groups is 1. The van der Waals surface area contributed by atoms with Gasteiger partial charge in [-0.15, -0.1) is 0 Å². The minimum Gasteiger partial charge on any atom is -0.445 e. The molecule has 0 saturated carbocycles. The van der Waals surface area contributed by atoms with Crippen molar-refractivity contribution < 1.29 is 9.53 Å². The summed E-state index contributed by atoms with van der Waals surface area (Å²) in [6.45, 7) is 1.18. The van der Waals surface area contributed by atoms with E-state index in [9.17, 15) is 4.79 Å². The topological polar surface area (TPSA) is 29.5 Å². The largest absolute Gasteiger partial charge is 0.445 e. The highest BCUT2D eigenvalue weighted by molar-refractivity contribution is 9.09. The molecule has 1 aromatic carbocycles. The standard InChI is InChI=1S/C14H18BrNO2/c15-9-8-13-7-4-10-16(13)14(17)18-11-12-5-2-1-3-6-12/h1-3,5-6,13H,4,7-11H2/t13-/m0/s1. The maximum atomic E-state index is 12.0. The van der Waals surface area contributed by atoms with Gasteiger partial charge in [0.05, 0.1) is 0 Å². The Labute approximate surface area is 116 Å². The first kappa shape index (κ1) is 13.4. The predicted molar refractivity (Wildman–Crippen MR) is 74.8 cm³/mol. The van der Waals surface area contributed by atoms with Crippen LogP contribution in [0.4, 0.5) is 4.79 Å². The fourth-order valence-corrected chi connectivity index (χ4v) is 2.83. The Bertz CT molecular complexity index is 383. The van der Waals surface area contributed by atoms with Crippen LogP contribution in [0.3, 0.4) is 0 Å². The normalized spacial score (nSPS) is 18.9. The molecule has 1 aliphatic rings. The van der Waals surface area contributed by atoms with E-state index in [1.807, 2.05) is 35.2 Å². The average Bonchev–Trinajstić information content (AvgIpc) is 2.86. The van der Waals surface area contributed by atoms with Gasteiger partial charge in [-0.05, 0) is 24.8 Å². The molecule has 98 valence electrons. The zero-order chi connectivity index (χ0) is 12.8. The summed E-state index contributed by atoms with van der Waals surface area (Å²) in [5.41, 5.74) is 1.03. The SMILES string of the molecule is O=C(OCc1ccccc1)N1CCC[C@H]1CCBr. The number of benzene rings is 1. The van der Waals surface area contributed by atoms with Crippen LogP contribution in [0.25, 0.3) is 0 Å². The molecule has 0 spiro atoms. The van der Waals surface area contributed by atoms with Crippen molar-refractivity contribution in [3.05, 3.63) is 35.9 Å². The highest BCUT2D eigenvalue weighted by Gasteiger charge is 2.29. The Morgan fingerprint density at radius 3 is 2.89 bits per heavy atom. The number of hydrogen-bond donors (Lipinski definition) is 0. The van der Waals surface area contributed by atoms with E-state index in [4.69, 9.17) is 4.74 Å². The zero-order valence-corrected chi connectivity index (χ0v) is 11.9. The second kappa shape index (κ2) is 6.78. The lowest BCUT2D eigenvalue weighted by atomic mass is 10.2. The van der Waals surface area contributed by atoms with Gasteiger partial charge < -0.3 is 9.64 Å². The van der Waals surface area contributed by atoms with Crippen LogP contribution < -0.4 is 0 Å². The molecular weight excluding hydrogens is 294 g/mol. The molecule has 1 atom stereocenters. The van der Waals surface area contributed by atoms with Crippen molar-refractivity contribution in [1.82, 2.24) is 4.90 Å². The molecule has 1 heterocycles. The first-order chi connectivity index (χ1) is 8.81. The highest BCUT2D eigenvalue weighted by Crippen LogP contribution is 2.21. The first-order valence-corrected chi connectivity index (χ1v) is 7.46. The van der Waals surface area contributed by atoms with Gasteiger partial charge in [0.15, 0.2) is 0 Å². The van der Waals surface area contributed by atoms with E-state index in [0.717, 1.165) is 36.7 Å². The van der Waals surface area contributed by atoms with E-state index in [1.165, 1.54) is 0 Å². The molecule has 1 aromatic rings. The summed E-state index contributed by atoms with van der Waals surface area (Å²) < 4.78 is 5.36. The fourth-order valence-electron chi connectivity index (χ4n) is 2.30. The van der Waals surface area contributed by atoms with Gasteiger partial charge in [-0.3, -0.25) is 0 Å². The maximum Gasteiger partial charge on any atom is 0.410 e. The third kappa shape index (κ3) is 3.48. The molecule has 0 aliphatic carbocycles. The van der Waals surface area contributed by atoms with Crippen molar-refractivity contribution >= 4 is 22.0 Å². The van der Waals surface area contributed by atoms with E-state index in [1.54, 1.807) is 0 Å². The second-order valence-electron chi connectivity index (χ2n) is 4.51. The molecule has 0 radical (unpaired) electrons. The van der Waals surface area contributed by atoms with Crippen molar-refractivity contribution in [2.24, 2.45) is 0 Å². The van der Waals surface area contributed by atoms with E-state index in [-0.39, 0.29) is 6.09 Å². The Kier molecular flexibility index (Phi) is 5.05. The molecule has 18 heavy (non-hydrogen) atoms. The van der Waals surface area contributed by atoms with Gasteiger partial charge in [-0.1, -0.05) is 46.3 Å². The Hall–Kier alpha value is -1.03. The zero-order valence-electron chi connectivity index (χ0n) is 10.3. The highest BCUT2D eigenvalue weighted by atomic mass is 79.9. The number of carbonyl (C=O) groups excluding carboxylic acids is 1. The van der Waals surface area contributed by atoms with Crippen LogP contribution in [0.1, 0.15) is 24.8 Å². The Morgan fingerprint density at radius 2 is 2.17 bits per heavy atom. The first-order valence-electron chi connectivity index (χ1n) is 6.34. The number of halogens is 1. The molecule has 2 rings (SSSR count). The van der Waals surface area contributed by atoms with E-state index >= 15 is 0 Å². The summed E-state index contributed by atoms with van der Waals surface area (Å²) in [5, 5.41) is 0.931. The average molecular weight is 312 g/mol. The molecule has 0 bridgehead atoms. The summed E-state index contributed by atoms with van der Waals surface area (Å²) in [5.74, 6) is 0. The van der Waals surface area contributed by atoms with E-state index in [2.05, 4.69) is 15.9 Å². The maximum absolute atomic E-state index is 12.0. The summed E-state index contributed by atoms with van der Waals surface area (Å²) in [4.78, 5) is 13.9. The molecule has 3 nitrogen and oxygen atoms in total. The molecular formula is C14H18BrNO2. The molecule has 1 saturated heterocycles. The van der Waals surface area contributed by atoms with Gasteiger partial charge in [-0.25, -0.2) is 4.79 Å². The second-order valence-corrected chi connectivity index (χ2v) is 5.30. The molecule has 1 fully saturated rings. The molecule has 1 aliphatic heterocycles. The molecule has 0 N–H and O–H groups in total. The van der Waals surface area contributed by atoms with Crippen molar-refractivity contribution in [2.45, 2.75) is 31.9 Å². The summed E-state index contributed by atoms with van der Waals surface area (Å²) in [6, 6.07) is 10.1. The number of hydrogen-bond acceptors (Lipinski definition) is 2. The monoisotopic (exact) mass is 311 g/mol. The van der Waals surface area contributed by atoms with Crippen molar-refractivity contribution in [3.8, 4) is 0 Å². The van der Waals surface area contributed by atoms with Crippen LogP contribution >= 0.6 is 15.9 Å². The van der Waals surface area contributed by atoms with Crippen LogP contribution in [-0.4, -0.2) is 28.9 Å². The Morgan fingerprint density at radius 1 is 1.39 bits per heavy atom. The van der Waals surface area contributed by atoms with E-state index in [0.29, 0.717) is 12.6 Å². The number of amides is 1. The summed E-state index contributed by atoms with van der Waals surface area (Å²) in [6.07, 6.45) is 2.99. The van der Waals surface area contributed by atoms with Crippen molar-refractivity contribution in [1.29, 1.82) is 0 Å². The lowest BCUT2D eigenvalue weighted by molar-refractivity contribution is 0.0917. The van der Waals surface area contributed by atoms with Crippen molar-refractivity contribution in [2.75, 3.05) is 11.9 Å². The van der Waals surface area contributed by atoms with Gasteiger partial charge in [0.25, 0.3) is 0 Å². The number of ether oxygens (including phenoxy) is 1. The minimum absolute atomic E-state index is 0.178. The van der Waals surface area contributed by atoms with Gasteiger partial charge in [0, 0.05) is 17.9 Å². The van der Waals surface area contributed by atoms with Crippen LogP contribution in [0.2, 0.25) is 0 Å². The third-order valence-corrected chi connectivity index (χ3v) is 3.72. The van der Waals surface area contributed by atoms with Crippen LogP contribution in [0, 0.1) is 0 Å². The molecule has 4 heteroatoms. The number of rotatable bonds is 4. The lowest BCUT2D eigenvalue weighted by Crippen LogP contribution is -2.36. The summed E-state index contributed by atoms with van der Waals surface area (Å²) >= 11 is 3.43. The van der Waals surface area contributed by atoms with Gasteiger partial charge >= 0.3 is 6.09 Å². The number of nitrogens with zero attached hydrogens (tertiary/aromatic N) is 1. The van der Waals surface area contributed by atoms with Crippen LogP contribution in [0.15, 0.2) is 30.3 Å². The molecule has 1 amide bonds. The van der Waals surface area contributed by atoms with Gasteiger partial charge in [0.2, 0.25) is 0 Å². The molecule has 0 unspecified atom stereocenters. The summed E-state index contributed by atoms with van der Waals surface area (Å²) in [7, 11) is 0. The molecule has 0 aromatic heterocycles. The van der Waals surface area contributed by atoms with Gasteiger partial charge in [-0.2, -0.15) is 0 Å². The number of alkyl halides is 1. The van der Waals surface area contributed by atoms with E-state index < -0.39 is 0 Å². The van der Waals surface area contributed by atoms with Gasteiger partial charge in [0.1, 0.15) is 6.61 Å². The van der Waals surface area contributed by atoms with Crippen molar-refractivity contribution in [3.63, 3.8) is 0 Å². The van der Waals surface area contributed by atoms with Crippen LogP contribution in [0.5, 0.6) is 0 Å². The minimum atomic E-state index is -0.178. The number of likely N-dealkylation sites (tertiary alicyclic amines) is 1. The smallest absolute Gasteiger partial charge is 0.410 e. The quantitative estimate of drug-likeness (QED) is 0.796. The Balaban J connectivity index is 1.84. The predicted octanol–water partition coefficient (Wildman–Crippen LogP) is 3.57.